The maximum absolute atomic E-state index is 10.7. The molecule has 0 saturated carbocycles. The Bertz CT molecular complexity index is 155. The summed E-state index contributed by atoms with van der Waals surface area (Å²) < 4.78 is 9.02. The van der Waals surface area contributed by atoms with Gasteiger partial charge in [-0.05, 0) is 6.92 Å². The normalized spacial score (nSPS) is 22.9. The fraction of sp³-hybridized carbons (Fsp3) is 0.667. The lowest BCUT2D eigenvalue weighted by molar-refractivity contribution is -0.185. The Hall–Kier alpha value is -1.06. The minimum absolute atomic E-state index is 0.166. The van der Waals surface area contributed by atoms with Gasteiger partial charge in [-0.15, -0.1) is 0 Å². The van der Waals surface area contributed by atoms with Crippen molar-refractivity contribution in [3.05, 3.63) is 0 Å². The van der Waals surface area contributed by atoms with Crippen LogP contribution in [0, 0.1) is 0 Å². The van der Waals surface area contributed by atoms with E-state index in [0.29, 0.717) is 6.61 Å². The fourth-order valence-corrected chi connectivity index (χ4v) is 0.667. The molecular weight excluding hydrogens is 136 g/mol. The molecule has 56 valence electrons. The molecule has 0 amide bonds. The van der Waals surface area contributed by atoms with E-state index in [1.165, 1.54) is 0 Å². The Morgan fingerprint density at radius 1 is 1.90 bits per heavy atom. The van der Waals surface area contributed by atoms with Crippen molar-refractivity contribution < 1.29 is 19.1 Å². The molecule has 1 aliphatic rings. The largest absolute Gasteiger partial charge is 0.463 e. The highest BCUT2D eigenvalue weighted by Gasteiger charge is 2.35. The zero-order valence-electron chi connectivity index (χ0n) is 5.62. The molecule has 1 aliphatic heterocycles. The van der Waals surface area contributed by atoms with E-state index in [2.05, 4.69) is 9.47 Å². The average Bonchev–Trinajstić information content (AvgIpc) is 1.82. The van der Waals surface area contributed by atoms with Crippen molar-refractivity contribution in [3.63, 3.8) is 0 Å². The average molecular weight is 144 g/mol. The number of ether oxygens (including phenoxy) is 2. The third-order valence-corrected chi connectivity index (χ3v) is 1.18. The third-order valence-electron chi connectivity index (χ3n) is 1.18. The van der Waals surface area contributed by atoms with Crippen molar-refractivity contribution in [2.24, 2.45) is 0 Å². The van der Waals surface area contributed by atoms with Crippen LogP contribution in [0.3, 0.4) is 0 Å². The zero-order chi connectivity index (χ0) is 7.56. The molecule has 4 heteroatoms. The van der Waals surface area contributed by atoms with Gasteiger partial charge in [-0.2, -0.15) is 0 Å². The van der Waals surface area contributed by atoms with Crippen molar-refractivity contribution in [2.75, 3.05) is 6.61 Å². The molecule has 0 N–H and O–H groups in total. The van der Waals surface area contributed by atoms with Gasteiger partial charge in [-0.3, -0.25) is 4.79 Å². The first kappa shape index (κ1) is 7.05. The van der Waals surface area contributed by atoms with Crippen LogP contribution in [0.15, 0.2) is 0 Å². The van der Waals surface area contributed by atoms with E-state index < -0.39 is 12.1 Å². The van der Waals surface area contributed by atoms with Gasteiger partial charge in [0, 0.05) is 0 Å². The quantitative estimate of drug-likeness (QED) is 0.506. The van der Waals surface area contributed by atoms with Crippen LogP contribution in [0.2, 0.25) is 0 Å². The SMILES string of the molecule is CCOC(=O)[C@H]1CC(=O)O1. The highest BCUT2D eigenvalue weighted by atomic mass is 16.6. The Balaban J connectivity index is 2.24. The topological polar surface area (TPSA) is 52.6 Å². The van der Waals surface area contributed by atoms with Crippen LogP contribution < -0.4 is 0 Å². The highest BCUT2D eigenvalue weighted by molar-refractivity contribution is 5.89. The van der Waals surface area contributed by atoms with E-state index in [1.807, 2.05) is 0 Å². The molecular formula is C6H8O4. The first-order chi connectivity index (χ1) is 4.74. The van der Waals surface area contributed by atoms with Crippen LogP contribution in [0.4, 0.5) is 0 Å². The van der Waals surface area contributed by atoms with Crippen LogP contribution >= 0.6 is 0 Å². The van der Waals surface area contributed by atoms with Crippen molar-refractivity contribution >= 4 is 11.9 Å². The second-order valence-electron chi connectivity index (χ2n) is 1.93. The predicted molar refractivity (Wildman–Crippen MR) is 31.1 cm³/mol. The Morgan fingerprint density at radius 3 is 2.90 bits per heavy atom. The summed E-state index contributed by atoms with van der Waals surface area (Å²) in [5.41, 5.74) is 0. The lowest BCUT2D eigenvalue weighted by Gasteiger charge is -2.22. The van der Waals surface area contributed by atoms with Crippen molar-refractivity contribution in [3.8, 4) is 0 Å². The summed E-state index contributed by atoms with van der Waals surface area (Å²) in [5, 5.41) is 0. The van der Waals surface area contributed by atoms with Gasteiger partial charge in [0.25, 0.3) is 0 Å². The number of esters is 2. The minimum atomic E-state index is -0.632. The molecule has 0 aromatic heterocycles. The smallest absolute Gasteiger partial charge is 0.348 e. The molecule has 0 bridgehead atoms. The standard InChI is InChI=1S/C6H8O4/c1-2-9-6(8)4-3-5(7)10-4/h4H,2-3H2,1H3/t4-/m1/s1. The predicted octanol–water partition coefficient (Wildman–Crippen LogP) is -0.135. The second kappa shape index (κ2) is 2.68. The number of hydrogen-bond acceptors (Lipinski definition) is 4. The van der Waals surface area contributed by atoms with Gasteiger partial charge in [0.05, 0.1) is 13.0 Å². The lowest BCUT2D eigenvalue weighted by atomic mass is 10.2. The summed E-state index contributed by atoms with van der Waals surface area (Å²) in [6.45, 7) is 2.03. The van der Waals surface area contributed by atoms with Crippen LogP contribution in [-0.4, -0.2) is 24.6 Å². The highest BCUT2D eigenvalue weighted by Crippen LogP contribution is 2.13. The summed E-state index contributed by atoms with van der Waals surface area (Å²) in [6.07, 6.45) is -0.466. The van der Waals surface area contributed by atoms with Crippen LogP contribution in [0.1, 0.15) is 13.3 Å². The molecule has 1 rings (SSSR count). The van der Waals surface area contributed by atoms with Crippen molar-refractivity contribution in [2.45, 2.75) is 19.4 Å². The van der Waals surface area contributed by atoms with E-state index >= 15 is 0 Å². The maximum atomic E-state index is 10.7. The second-order valence-corrected chi connectivity index (χ2v) is 1.93. The zero-order valence-corrected chi connectivity index (χ0v) is 5.62. The first-order valence-corrected chi connectivity index (χ1v) is 3.10. The summed E-state index contributed by atoms with van der Waals surface area (Å²) in [4.78, 5) is 20.9. The third kappa shape index (κ3) is 1.26. The molecule has 0 unspecified atom stereocenters. The van der Waals surface area contributed by atoms with Gasteiger partial charge in [0.15, 0.2) is 0 Å². The number of rotatable bonds is 2. The molecule has 1 heterocycles. The molecule has 0 aliphatic carbocycles. The van der Waals surface area contributed by atoms with E-state index in [4.69, 9.17) is 0 Å². The van der Waals surface area contributed by atoms with E-state index in [1.54, 1.807) is 6.92 Å². The number of cyclic esters (lactones) is 1. The van der Waals surface area contributed by atoms with Gasteiger partial charge < -0.3 is 9.47 Å². The van der Waals surface area contributed by atoms with Crippen LogP contribution in [0.25, 0.3) is 0 Å². The van der Waals surface area contributed by atoms with Gasteiger partial charge in [-0.1, -0.05) is 0 Å². The lowest BCUT2D eigenvalue weighted by Crippen LogP contribution is -2.40. The summed E-state index contributed by atoms with van der Waals surface area (Å²) in [6, 6.07) is 0. The number of hydrogen-bond donors (Lipinski definition) is 0. The minimum Gasteiger partial charge on any atom is -0.463 e. The molecule has 0 aromatic rings. The van der Waals surface area contributed by atoms with E-state index in [-0.39, 0.29) is 12.4 Å². The number of carbonyl (C=O) groups excluding carboxylic acids is 2. The summed E-state index contributed by atoms with van der Waals surface area (Å²) in [7, 11) is 0. The first-order valence-electron chi connectivity index (χ1n) is 3.10. The molecule has 1 atom stereocenters. The summed E-state index contributed by atoms with van der Waals surface area (Å²) >= 11 is 0. The Morgan fingerprint density at radius 2 is 2.50 bits per heavy atom. The molecule has 0 spiro atoms. The van der Waals surface area contributed by atoms with E-state index in [9.17, 15) is 9.59 Å². The Labute approximate surface area is 58.1 Å². The molecule has 0 aromatic carbocycles. The van der Waals surface area contributed by atoms with Crippen LogP contribution in [-0.2, 0) is 19.1 Å². The summed E-state index contributed by atoms with van der Waals surface area (Å²) in [5.74, 6) is -0.778. The molecule has 1 saturated heterocycles. The van der Waals surface area contributed by atoms with E-state index in [0.717, 1.165) is 0 Å². The fourth-order valence-electron chi connectivity index (χ4n) is 0.667. The molecule has 0 radical (unpaired) electrons. The van der Waals surface area contributed by atoms with Crippen molar-refractivity contribution in [1.29, 1.82) is 0 Å². The monoisotopic (exact) mass is 144 g/mol. The molecule has 1 fully saturated rings. The molecule has 4 nitrogen and oxygen atoms in total. The van der Waals surface area contributed by atoms with Gasteiger partial charge in [-0.25, -0.2) is 4.79 Å². The van der Waals surface area contributed by atoms with Gasteiger partial charge in [0.1, 0.15) is 0 Å². The van der Waals surface area contributed by atoms with Crippen LogP contribution in [0.5, 0.6) is 0 Å². The van der Waals surface area contributed by atoms with Gasteiger partial charge >= 0.3 is 11.9 Å². The van der Waals surface area contributed by atoms with Gasteiger partial charge in [0.2, 0.25) is 6.10 Å². The molecule has 10 heavy (non-hydrogen) atoms. The number of carbonyl (C=O) groups is 2. The van der Waals surface area contributed by atoms with Crippen molar-refractivity contribution in [1.82, 2.24) is 0 Å². The Kier molecular flexibility index (Phi) is 1.89. The maximum Gasteiger partial charge on any atom is 0.348 e.